The molecule has 0 unspecified atom stereocenters. The number of nitrogens with one attached hydrogen (secondary N) is 1. The van der Waals surface area contributed by atoms with Gasteiger partial charge in [0.1, 0.15) is 16.9 Å². The standard InChI is InChI=1S/C34H47ClN2O6Si/c1-33(2,3)42-32(39)37(23-29(24-13-10-15-26(35)21-24)43-44(8,9)34(4,5)6)19-12-18-36-27-16-11-14-25(22-27)30-28(17-20-41-30)31(38)40-7/h10-11,13-17,20-22,29,36H,12,18-19,23H2,1-9H3/t29-/m1/s1. The first kappa shape index (κ1) is 35.2. The van der Waals surface area contributed by atoms with E-state index in [9.17, 15) is 9.59 Å². The van der Waals surface area contributed by atoms with Crippen molar-refractivity contribution in [1.82, 2.24) is 4.90 Å². The predicted octanol–water partition coefficient (Wildman–Crippen LogP) is 9.19. The van der Waals surface area contributed by atoms with Crippen LogP contribution in [0.4, 0.5) is 10.5 Å². The molecule has 0 saturated carbocycles. The van der Waals surface area contributed by atoms with Crippen LogP contribution in [0.15, 0.2) is 65.3 Å². The van der Waals surface area contributed by atoms with E-state index in [0.717, 1.165) is 16.8 Å². The first-order valence-corrected chi connectivity index (χ1v) is 18.2. The van der Waals surface area contributed by atoms with Crippen LogP contribution >= 0.6 is 11.6 Å². The Kier molecular flexibility index (Phi) is 11.7. The highest BCUT2D eigenvalue weighted by Gasteiger charge is 2.40. The molecule has 3 aromatic rings. The lowest BCUT2D eigenvalue weighted by Crippen LogP contribution is -2.46. The van der Waals surface area contributed by atoms with Crippen molar-refractivity contribution in [3.63, 3.8) is 0 Å². The topological polar surface area (TPSA) is 90.2 Å². The van der Waals surface area contributed by atoms with E-state index < -0.39 is 26.0 Å². The fourth-order valence-electron chi connectivity index (χ4n) is 4.31. The number of esters is 1. The summed E-state index contributed by atoms with van der Waals surface area (Å²) in [7, 11) is -0.870. The molecule has 0 spiro atoms. The summed E-state index contributed by atoms with van der Waals surface area (Å²) in [5, 5.41) is 4.02. The molecule has 1 amide bonds. The molecule has 1 atom stereocenters. The smallest absolute Gasteiger partial charge is 0.410 e. The molecule has 8 nitrogen and oxygen atoms in total. The molecule has 0 aliphatic rings. The van der Waals surface area contributed by atoms with Gasteiger partial charge in [-0.15, -0.1) is 0 Å². The fraction of sp³-hybridized carbons (Fsp3) is 0.471. The monoisotopic (exact) mass is 642 g/mol. The van der Waals surface area contributed by atoms with Gasteiger partial charge in [-0.25, -0.2) is 9.59 Å². The Morgan fingerprint density at radius 2 is 1.73 bits per heavy atom. The van der Waals surface area contributed by atoms with Crippen molar-refractivity contribution in [2.45, 2.75) is 77.8 Å². The Labute approximate surface area is 268 Å². The van der Waals surface area contributed by atoms with Crippen LogP contribution in [0.1, 0.15) is 70.0 Å². The lowest BCUT2D eigenvalue weighted by Gasteiger charge is -2.40. The summed E-state index contributed by atoms with van der Waals surface area (Å²) >= 11 is 6.39. The Morgan fingerprint density at radius 1 is 1.02 bits per heavy atom. The average Bonchev–Trinajstić information content (AvgIpc) is 3.42. The molecule has 10 heteroatoms. The number of nitrogens with zero attached hydrogens (tertiary/aromatic N) is 1. The third-order valence-electron chi connectivity index (χ3n) is 7.63. The Morgan fingerprint density at radius 3 is 2.36 bits per heavy atom. The van der Waals surface area contributed by atoms with E-state index in [2.05, 4.69) is 39.2 Å². The molecule has 1 aromatic heterocycles. The van der Waals surface area contributed by atoms with Crippen molar-refractivity contribution in [2.24, 2.45) is 0 Å². The zero-order valence-electron chi connectivity index (χ0n) is 27.5. The zero-order valence-corrected chi connectivity index (χ0v) is 29.2. The van der Waals surface area contributed by atoms with E-state index in [4.69, 9.17) is 29.9 Å². The van der Waals surface area contributed by atoms with Gasteiger partial charge in [-0.1, -0.05) is 56.6 Å². The SMILES string of the molecule is COC(=O)c1ccoc1-c1cccc(NCCCN(C[C@@H](O[Si](C)(C)C(C)(C)C)c2cccc(Cl)c2)C(=O)OC(C)(C)C)c1. The van der Waals surface area contributed by atoms with Crippen molar-refractivity contribution in [2.75, 3.05) is 32.1 Å². The minimum absolute atomic E-state index is 0.0215. The summed E-state index contributed by atoms with van der Waals surface area (Å²) in [6.07, 6.45) is 1.36. The molecule has 0 saturated heterocycles. The van der Waals surface area contributed by atoms with E-state index in [1.807, 2.05) is 69.3 Å². The third kappa shape index (κ3) is 9.87. The van der Waals surface area contributed by atoms with Gasteiger partial charge < -0.3 is 28.5 Å². The van der Waals surface area contributed by atoms with Gasteiger partial charge in [0.2, 0.25) is 0 Å². The van der Waals surface area contributed by atoms with Crippen LogP contribution in [-0.2, 0) is 13.9 Å². The van der Waals surface area contributed by atoms with Crippen LogP contribution in [0.3, 0.4) is 0 Å². The highest BCUT2D eigenvalue weighted by Crippen LogP contribution is 2.40. The van der Waals surface area contributed by atoms with Gasteiger partial charge in [-0.05, 0) is 81.2 Å². The number of rotatable bonds is 12. The van der Waals surface area contributed by atoms with Crippen molar-refractivity contribution < 1.29 is 27.9 Å². The molecule has 2 aromatic carbocycles. The molecule has 1 N–H and O–H groups in total. The normalized spacial score (nSPS) is 12.9. The highest BCUT2D eigenvalue weighted by atomic mass is 35.5. The predicted molar refractivity (Wildman–Crippen MR) is 179 cm³/mol. The number of carbonyl (C=O) groups excluding carboxylic acids is 2. The molecule has 0 fully saturated rings. The summed E-state index contributed by atoms with van der Waals surface area (Å²) < 4.78 is 23.2. The summed E-state index contributed by atoms with van der Waals surface area (Å²) in [6.45, 7) is 18.0. The van der Waals surface area contributed by atoms with E-state index in [-0.39, 0.29) is 11.1 Å². The van der Waals surface area contributed by atoms with Gasteiger partial charge in [-0.3, -0.25) is 0 Å². The first-order chi connectivity index (χ1) is 20.5. The Balaban J connectivity index is 1.77. The van der Waals surface area contributed by atoms with Crippen LogP contribution in [0.25, 0.3) is 11.3 Å². The van der Waals surface area contributed by atoms with Crippen molar-refractivity contribution in [3.05, 3.63) is 77.0 Å². The number of anilines is 1. The molecule has 0 aliphatic carbocycles. The minimum Gasteiger partial charge on any atom is -0.465 e. The third-order valence-corrected chi connectivity index (χ3v) is 12.4. The quantitative estimate of drug-likeness (QED) is 0.120. The highest BCUT2D eigenvalue weighted by molar-refractivity contribution is 6.74. The van der Waals surface area contributed by atoms with Crippen LogP contribution in [-0.4, -0.2) is 57.6 Å². The lowest BCUT2D eigenvalue weighted by molar-refractivity contribution is 0.0155. The van der Waals surface area contributed by atoms with Crippen molar-refractivity contribution >= 4 is 37.7 Å². The van der Waals surface area contributed by atoms with E-state index in [1.54, 1.807) is 11.0 Å². The number of furan rings is 1. The maximum atomic E-state index is 13.5. The Hall–Kier alpha value is -3.27. The number of benzene rings is 2. The van der Waals surface area contributed by atoms with Crippen molar-refractivity contribution in [1.29, 1.82) is 0 Å². The molecule has 0 bridgehead atoms. The number of hydrogen-bond donors (Lipinski definition) is 1. The number of methoxy groups -OCH3 is 1. The zero-order chi connectivity index (χ0) is 32.7. The Bertz CT molecular complexity index is 1410. The molecule has 240 valence electrons. The molecule has 3 rings (SSSR count). The van der Waals surface area contributed by atoms with E-state index in [0.29, 0.717) is 42.4 Å². The summed E-state index contributed by atoms with van der Waals surface area (Å²) in [5.74, 6) is -0.00616. The molecular formula is C34H47ClN2O6Si. The van der Waals surface area contributed by atoms with Gasteiger partial charge in [0.15, 0.2) is 8.32 Å². The second-order valence-electron chi connectivity index (χ2n) is 13.4. The van der Waals surface area contributed by atoms with Gasteiger partial charge in [0.05, 0.1) is 26.0 Å². The van der Waals surface area contributed by atoms with Gasteiger partial charge in [-0.2, -0.15) is 0 Å². The summed E-state index contributed by atoms with van der Waals surface area (Å²) in [6, 6.07) is 16.9. The number of carbonyl (C=O) groups is 2. The molecule has 0 aliphatic heterocycles. The van der Waals surface area contributed by atoms with Gasteiger partial charge in [0, 0.05) is 29.4 Å². The van der Waals surface area contributed by atoms with Crippen LogP contribution in [0.2, 0.25) is 23.2 Å². The van der Waals surface area contributed by atoms with Gasteiger partial charge in [0.25, 0.3) is 0 Å². The lowest BCUT2D eigenvalue weighted by atomic mass is 10.1. The maximum Gasteiger partial charge on any atom is 0.410 e. The second kappa shape index (κ2) is 14.7. The molecule has 1 heterocycles. The van der Waals surface area contributed by atoms with Crippen molar-refractivity contribution in [3.8, 4) is 11.3 Å². The average molecular weight is 643 g/mol. The van der Waals surface area contributed by atoms with Crippen LogP contribution < -0.4 is 5.32 Å². The molecular weight excluding hydrogens is 596 g/mol. The number of ether oxygens (including phenoxy) is 2. The number of halogens is 1. The van der Waals surface area contributed by atoms with Crippen LogP contribution in [0.5, 0.6) is 0 Å². The second-order valence-corrected chi connectivity index (χ2v) is 18.6. The van der Waals surface area contributed by atoms with E-state index >= 15 is 0 Å². The van der Waals surface area contributed by atoms with E-state index in [1.165, 1.54) is 13.4 Å². The molecule has 0 radical (unpaired) electrons. The number of amides is 1. The fourth-order valence-corrected chi connectivity index (χ4v) is 5.78. The minimum atomic E-state index is -2.21. The molecule has 44 heavy (non-hydrogen) atoms. The first-order valence-electron chi connectivity index (χ1n) is 14.9. The van der Waals surface area contributed by atoms with Crippen LogP contribution in [0, 0.1) is 0 Å². The van der Waals surface area contributed by atoms with Gasteiger partial charge >= 0.3 is 12.1 Å². The number of hydrogen-bond acceptors (Lipinski definition) is 7. The summed E-state index contributed by atoms with van der Waals surface area (Å²) in [5.41, 5.74) is 2.26. The largest absolute Gasteiger partial charge is 0.465 e. The summed E-state index contributed by atoms with van der Waals surface area (Å²) in [4.78, 5) is 27.3. The maximum absolute atomic E-state index is 13.5.